The molecule has 0 radical (unpaired) electrons. The van der Waals surface area contributed by atoms with Crippen LogP contribution in [0.4, 0.5) is 4.39 Å². The van der Waals surface area contributed by atoms with Gasteiger partial charge in [0.1, 0.15) is 5.82 Å². The Labute approximate surface area is 105 Å². The Morgan fingerprint density at radius 1 is 1.59 bits per heavy atom. The zero-order valence-electron chi connectivity index (χ0n) is 9.75. The summed E-state index contributed by atoms with van der Waals surface area (Å²) in [6.07, 6.45) is 1.07. The lowest BCUT2D eigenvalue weighted by Crippen LogP contribution is -2.37. The van der Waals surface area contributed by atoms with Crippen molar-refractivity contribution in [3.63, 3.8) is 0 Å². The first-order valence-electron chi connectivity index (χ1n) is 5.73. The van der Waals surface area contributed by atoms with Gasteiger partial charge in [-0.3, -0.25) is 0 Å². The highest BCUT2D eigenvalue weighted by Crippen LogP contribution is 2.30. The summed E-state index contributed by atoms with van der Waals surface area (Å²) in [6.45, 7) is 2.93. The Hall–Kier alpha value is -0.640. The first kappa shape index (κ1) is 12.8. The van der Waals surface area contributed by atoms with Crippen LogP contribution in [0.5, 0.6) is 0 Å². The van der Waals surface area contributed by atoms with Crippen molar-refractivity contribution in [2.24, 2.45) is 5.92 Å². The van der Waals surface area contributed by atoms with Gasteiger partial charge in [0.2, 0.25) is 0 Å². The lowest BCUT2D eigenvalue weighted by molar-refractivity contribution is -0.00517. The Kier molecular flexibility index (Phi) is 3.71. The van der Waals surface area contributed by atoms with E-state index in [1.54, 1.807) is 13.0 Å². The molecule has 2 atom stereocenters. The maximum absolute atomic E-state index is 13.6. The van der Waals surface area contributed by atoms with Crippen molar-refractivity contribution in [2.45, 2.75) is 25.4 Å². The number of ether oxygens (including phenoxy) is 1. The highest BCUT2D eigenvalue weighted by Gasteiger charge is 2.35. The van der Waals surface area contributed by atoms with E-state index in [2.05, 4.69) is 0 Å². The maximum Gasteiger partial charge on any atom is 0.126 e. The summed E-state index contributed by atoms with van der Waals surface area (Å²) in [6, 6.07) is 4.41. The lowest BCUT2D eigenvalue weighted by Gasteiger charge is -2.29. The minimum Gasteiger partial charge on any atom is -0.389 e. The van der Waals surface area contributed by atoms with E-state index in [0.717, 1.165) is 6.42 Å². The highest BCUT2D eigenvalue weighted by atomic mass is 35.5. The molecule has 0 spiro atoms. The van der Waals surface area contributed by atoms with Crippen molar-refractivity contribution in [3.8, 4) is 0 Å². The van der Waals surface area contributed by atoms with Crippen molar-refractivity contribution >= 4 is 11.6 Å². The number of hydrogen-bond acceptors (Lipinski definition) is 2. The fourth-order valence-electron chi connectivity index (χ4n) is 2.23. The molecule has 0 bridgehead atoms. The molecule has 1 saturated heterocycles. The number of benzene rings is 1. The van der Waals surface area contributed by atoms with Crippen molar-refractivity contribution in [2.75, 3.05) is 13.2 Å². The van der Waals surface area contributed by atoms with Crippen molar-refractivity contribution < 1.29 is 14.2 Å². The highest BCUT2D eigenvalue weighted by molar-refractivity contribution is 6.30. The molecular formula is C13H16ClFO2. The Morgan fingerprint density at radius 3 is 3.00 bits per heavy atom. The molecule has 2 unspecified atom stereocenters. The molecule has 0 amide bonds. The van der Waals surface area contributed by atoms with Gasteiger partial charge in [0.05, 0.1) is 12.2 Å². The second-order valence-corrected chi connectivity index (χ2v) is 5.27. The van der Waals surface area contributed by atoms with Crippen LogP contribution in [-0.2, 0) is 11.2 Å². The first-order valence-corrected chi connectivity index (χ1v) is 6.11. The Balaban J connectivity index is 2.15. The third-order valence-corrected chi connectivity index (χ3v) is 3.60. The summed E-state index contributed by atoms with van der Waals surface area (Å²) < 4.78 is 18.8. The molecule has 1 aromatic rings. The predicted octanol–water partition coefficient (Wildman–Crippen LogP) is 2.81. The van der Waals surface area contributed by atoms with E-state index in [1.807, 2.05) is 0 Å². The van der Waals surface area contributed by atoms with Crippen LogP contribution in [-0.4, -0.2) is 23.9 Å². The molecule has 2 rings (SSSR count). The van der Waals surface area contributed by atoms with E-state index in [1.165, 1.54) is 12.1 Å². The monoisotopic (exact) mass is 258 g/mol. The van der Waals surface area contributed by atoms with E-state index in [9.17, 15) is 9.50 Å². The van der Waals surface area contributed by atoms with Crippen LogP contribution in [0.15, 0.2) is 18.2 Å². The predicted molar refractivity (Wildman–Crippen MR) is 64.7 cm³/mol. The first-order chi connectivity index (χ1) is 7.99. The van der Waals surface area contributed by atoms with Crippen molar-refractivity contribution in [1.82, 2.24) is 0 Å². The third kappa shape index (κ3) is 2.97. The lowest BCUT2D eigenvalue weighted by atomic mass is 9.83. The molecule has 17 heavy (non-hydrogen) atoms. The van der Waals surface area contributed by atoms with E-state index < -0.39 is 5.60 Å². The quantitative estimate of drug-likeness (QED) is 0.903. The Morgan fingerprint density at radius 2 is 2.35 bits per heavy atom. The molecule has 4 heteroatoms. The maximum atomic E-state index is 13.6. The van der Waals surface area contributed by atoms with E-state index in [0.29, 0.717) is 23.8 Å². The molecule has 1 heterocycles. The SMILES string of the molecule is CC(O)(Cc1cc(Cl)ccc1F)C1CCOC1. The number of hydrogen-bond donors (Lipinski definition) is 1. The second kappa shape index (κ2) is 4.92. The van der Waals surface area contributed by atoms with Gasteiger partial charge in [-0.15, -0.1) is 0 Å². The minimum absolute atomic E-state index is 0.0564. The van der Waals surface area contributed by atoms with Crippen LogP contribution in [0.1, 0.15) is 18.9 Å². The Bertz CT molecular complexity index is 400. The molecule has 1 aliphatic rings. The molecular weight excluding hydrogens is 243 g/mol. The molecule has 1 aromatic carbocycles. The summed E-state index contributed by atoms with van der Waals surface area (Å²) in [5, 5.41) is 10.9. The van der Waals surface area contributed by atoms with Crippen LogP contribution in [0.25, 0.3) is 0 Å². The zero-order valence-corrected chi connectivity index (χ0v) is 10.5. The summed E-state index contributed by atoms with van der Waals surface area (Å²) in [4.78, 5) is 0. The van der Waals surface area contributed by atoms with Crippen LogP contribution >= 0.6 is 11.6 Å². The van der Waals surface area contributed by atoms with Crippen molar-refractivity contribution in [3.05, 3.63) is 34.6 Å². The molecule has 1 N–H and O–H groups in total. The van der Waals surface area contributed by atoms with Crippen molar-refractivity contribution in [1.29, 1.82) is 0 Å². The van der Waals surface area contributed by atoms with Gasteiger partial charge in [0, 0.05) is 24.0 Å². The average Bonchev–Trinajstić information content (AvgIpc) is 2.77. The van der Waals surface area contributed by atoms with E-state index >= 15 is 0 Å². The third-order valence-electron chi connectivity index (χ3n) is 3.37. The molecule has 94 valence electrons. The van der Waals surface area contributed by atoms with Crippen LogP contribution < -0.4 is 0 Å². The van der Waals surface area contributed by atoms with Gasteiger partial charge in [-0.1, -0.05) is 11.6 Å². The minimum atomic E-state index is -0.956. The normalized spacial score (nSPS) is 23.6. The van der Waals surface area contributed by atoms with Gasteiger partial charge < -0.3 is 9.84 Å². The molecule has 1 aliphatic heterocycles. The summed E-state index contributed by atoms with van der Waals surface area (Å²) in [7, 11) is 0. The van der Waals surface area contributed by atoms with Gasteiger partial charge in [-0.25, -0.2) is 4.39 Å². The molecule has 0 aromatic heterocycles. The van der Waals surface area contributed by atoms with Gasteiger partial charge in [-0.2, -0.15) is 0 Å². The molecule has 1 fully saturated rings. The van der Waals surface area contributed by atoms with Gasteiger partial charge in [0.25, 0.3) is 0 Å². The van der Waals surface area contributed by atoms with Gasteiger partial charge in [0.15, 0.2) is 0 Å². The summed E-state index contributed by atoms with van der Waals surface area (Å²) in [5.41, 5.74) is -0.503. The zero-order chi connectivity index (χ0) is 12.5. The van der Waals surface area contributed by atoms with E-state index in [-0.39, 0.29) is 18.2 Å². The standard InChI is InChI=1S/C13H16ClFO2/c1-13(16,10-4-5-17-8-10)7-9-6-11(14)2-3-12(9)15/h2-3,6,10,16H,4-5,7-8H2,1H3. The smallest absolute Gasteiger partial charge is 0.126 e. The molecule has 2 nitrogen and oxygen atoms in total. The van der Waals surface area contributed by atoms with Gasteiger partial charge in [-0.05, 0) is 37.1 Å². The second-order valence-electron chi connectivity index (χ2n) is 4.83. The van der Waals surface area contributed by atoms with Crippen LogP contribution in [0.2, 0.25) is 5.02 Å². The molecule has 0 saturated carbocycles. The van der Waals surface area contributed by atoms with E-state index in [4.69, 9.17) is 16.3 Å². The van der Waals surface area contributed by atoms with Crippen LogP contribution in [0, 0.1) is 11.7 Å². The van der Waals surface area contributed by atoms with Crippen LogP contribution in [0.3, 0.4) is 0 Å². The fourth-order valence-corrected chi connectivity index (χ4v) is 2.43. The summed E-state index contributed by atoms with van der Waals surface area (Å²) >= 11 is 5.83. The average molecular weight is 259 g/mol. The topological polar surface area (TPSA) is 29.5 Å². The number of halogens is 2. The number of aliphatic hydroxyl groups is 1. The molecule has 0 aliphatic carbocycles. The fraction of sp³-hybridized carbons (Fsp3) is 0.538. The largest absolute Gasteiger partial charge is 0.389 e. The number of rotatable bonds is 3. The van der Waals surface area contributed by atoms with Gasteiger partial charge >= 0.3 is 0 Å². The summed E-state index contributed by atoms with van der Waals surface area (Å²) in [5.74, 6) is -0.269.